The van der Waals surface area contributed by atoms with Gasteiger partial charge in [-0.3, -0.25) is 9.48 Å². The average molecular weight is 392 g/mol. The van der Waals surface area contributed by atoms with Crippen LogP contribution in [-0.2, 0) is 13.6 Å². The summed E-state index contributed by atoms with van der Waals surface area (Å²) in [6, 6.07) is 0.489. The Hall–Kier alpha value is -2.19. The lowest BCUT2D eigenvalue weighted by Gasteiger charge is -2.23. The van der Waals surface area contributed by atoms with E-state index in [2.05, 4.69) is 44.3 Å². The van der Waals surface area contributed by atoms with Gasteiger partial charge >= 0.3 is 0 Å². The second kappa shape index (κ2) is 7.82. The standard InChI is InChI=1S/C18H26ClN7O/c1-11-12(2)21-16(18(27)20-8-15-14(19)10-25(5)23-15)22-17(11)26-7-6-13(9-26)24(3)4/h10,13H,6-9H2,1-5H3,(H,20,27)/t13-/m1/s1. The zero-order valence-electron chi connectivity index (χ0n) is 16.5. The second-order valence-electron chi connectivity index (χ2n) is 7.21. The Morgan fingerprint density at radius 3 is 2.70 bits per heavy atom. The molecule has 0 radical (unpaired) electrons. The summed E-state index contributed by atoms with van der Waals surface area (Å²) in [7, 11) is 5.97. The molecule has 1 aliphatic heterocycles. The first kappa shape index (κ1) is 19.6. The predicted octanol–water partition coefficient (Wildman–Crippen LogP) is 1.55. The highest BCUT2D eigenvalue weighted by atomic mass is 35.5. The van der Waals surface area contributed by atoms with E-state index in [1.54, 1.807) is 17.9 Å². The quantitative estimate of drug-likeness (QED) is 0.833. The van der Waals surface area contributed by atoms with Crippen molar-refractivity contribution < 1.29 is 4.79 Å². The molecule has 0 aliphatic carbocycles. The molecule has 1 N–H and O–H groups in total. The molecule has 0 aromatic carbocycles. The summed E-state index contributed by atoms with van der Waals surface area (Å²) < 4.78 is 1.61. The van der Waals surface area contributed by atoms with Crippen LogP contribution in [0.25, 0.3) is 0 Å². The molecule has 8 nitrogen and oxygen atoms in total. The normalized spacial score (nSPS) is 17.0. The Balaban J connectivity index is 1.77. The van der Waals surface area contributed by atoms with Gasteiger partial charge in [-0.2, -0.15) is 5.10 Å². The van der Waals surface area contributed by atoms with Gasteiger partial charge in [0.05, 0.1) is 11.6 Å². The Kier molecular flexibility index (Phi) is 5.67. The lowest BCUT2D eigenvalue weighted by atomic mass is 10.2. The predicted molar refractivity (Wildman–Crippen MR) is 105 cm³/mol. The third-order valence-electron chi connectivity index (χ3n) is 5.03. The molecule has 0 spiro atoms. The molecular formula is C18H26ClN7O. The van der Waals surface area contributed by atoms with Crippen molar-refractivity contribution >= 4 is 23.3 Å². The van der Waals surface area contributed by atoms with Gasteiger partial charge in [0.25, 0.3) is 5.91 Å². The Labute approximate surface area is 164 Å². The van der Waals surface area contributed by atoms with Crippen LogP contribution in [0.2, 0.25) is 5.02 Å². The molecule has 1 atom stereocenters. The average Bonchev–Trinajstić information content (AvgIpc) is 3.21. The first-order valence-corrected chi connectivity index (χ1v) is 9.37. The minimum atomic E-state index is -0.329. The van der Waals surface area contributed by atoms with Crippen LogP contribution >= 0.6 is 11.6 Å². The van der Waals surface area contributed by atoms with Crippen LogP contribution < -0.4 is 10.2 Å². The number of aryl methyl sites for hydroxylation is 2. The van der Waals surface area contributed by atoms with E-state index in [1.165, 1.54) is 0 Å². The number of carbonyl (C=O) groups excluding carboxylic acids is 1. The van der Waals surface area contributed by atoms with Gasteiger partial charge in [0.15, 0.2) is 0 Å². The lowest BCUT2D eigenvalue weighted by Crippen LogP contribution is -2.33. The highest BCUT2D eigenvalue weighted by Gasteiger charge is 2.27. The van der Waals surface area contributed by atoms with E-state index >= 15 is 0 Å². The summed E-state index contributed by atoms with van der Waals surface area (Å²) in [5.41, 5.74) is 2.44. The minimum Gasteiger partial charge on any atom is -0.355 e. The van der Waals surface area contributed by atoms with E-state index in [9.17, 15) is 4.79 Å². The molecule has 1 fully saturated rings. The van der Waals surface area contributed by atoms with Crippen LogP contribution in [-0.4, -0.2) is 63.8 Å². The molecule has 9 heteroatoms. The molecular weight excluding hydrogens is 366 g/mol. The van der Waals surface area contributed by atoms with E-state index < -0.39 is 0 Å². The first-order chi connectivity index (χ1) is 12.8. The number of carbonyl (C=O) groups is 1. The van der Waals surface area contributed by atoms with E-state index in [0.29, 0.717) is 16.8 Å². The van der Waals surface area contributed by atoms with Gasteiger partial charge < -0.3 is 15.1 Å². The van der Waals surface area contributed by atoms with E-state index in [1.807, 2.05) is 13.8 Å². The van der Waals surface area contributed by atoms with Crippen molar-refractivity contribution in [1.82, 2.24) is 30.0 Å². The van der Waals surface area contributed by atoms with Crippen LogP contribution in [0.4, 0.5) is 5.82 Å². The third kappa shape index (κ3) is 4.22. The highest BCUT2D eigenvalue weighted by Crippen LogP contribution is 2.25. The number of nitrogens with one attached hydrogen (secondary N) is 1. The first-order valence-electron chi connectivity index (χ1n) is 8.99. The maximum absolute atomic E-state index is 12.6. The second-order valence-corrected chi connectivity index (χ2v) is 7.62. The molecule has 0 saturated carbocycles. The zero-order valence-corrected chi connectivity index (χ0v) is 17.2. The highest BCUT2D eigenvalue weighted by molar-refractivity contribution is 6.31. The minimum absolute atomic E-state index is 0.174. The topological polar surface area (TPSA) is 79.2 Å². The molecule has 2 aromatic heterocycles. The fourth-order valence-electron chi connectivity index (χ4n) is 3.25. The SMILES string of the molecule is Cc1nc(C(=O)NCc2nn(C)cc2Cl)nc(N2CC[C@@H](N(C)C)C2)c1C. The van der Waals surface area contributed by atoms with Crippen molar-refractivity contribution in [2.75, 3.05) is 32.1 Å². The van der Waals surface area contributed by atoms with Crippen LogP contribution in [0, 0.1) is 13.8 Å². The van der Waals surface area contributed by atoms with Crippen molar-refractivity contribution in [3.63, 3.8) is 0 Å². The van der Waals surface area contributed by atoms with Crippen molar-refractivity contribution in [1.29, 1.82) is 0 Å². The van der Waals surface area contributed by atoms with Gasteiger partial charge in [0.2, 0.25) is 5.82 Å². The summed E-state index contributed by atoms with van der Waals surface area (Å²) in [5.74, 6) is 0.686. The summed E-state index contributed by atoms with van der Waals surface area (Å²) >= 11 is 6.09. The summed E-state index contributed by atoms with van der Waals surface area (Å²) in [4.78, 5) is 26.0. The largest absolute Gasteiger partial charge is 0.355 e. The molecule has 1 aliphatic rings. The molecule has 2 aromatic rings. The Bertz CT molecular complexity index is 848. The number of rotatable bonds is 5. The van der Waals surface area contributed by atoms with Crippen LogP contribution in [0.1, 0.15) is 34.0 Å². The summed E-state index contributed by atoms with van der Waals surface area (Å²) in [6.07, 6.45) is 2.78. The molecule has 3 heterocycles. The van der Waals surface area contributed by atoms with E-state index in [-0.39, 0.29) is 18.3 Å². The summed E-state index contributed by atoms with van der Waals surface area (Å²) in [5, 5.41) is 7.56. The summed E-state index contributed by atoms with van der Waals surface area (Å²) in [6.45, 7) is 5.96. The van der Waals surface area contributed by atoms with Crippen molar-refractivity contribution in [2.45, 2.75) is 32.9 Å². The molecule has 1 saturated heterocycles. The number of nitrogens with zero attached hydrogens (tertiary/aromatic N) is 6. The van der Waals surface area contributed by atoms with Crippen LogP contribution in [0.5, 0.6) is 0 Å². The maximum Gasteiger partial charge on any atom is 0.289 e. The van der Waals surface area contributed by atoms with Crippen molar-refractivity contribution in [2.24, 2.45) is 7.05 Å². The molecule has 3 rings (SSSR count). The number of amides is 1. The zero-order chi connectivity index (χ0) is 19.7. The third-order valence-corrected chi connectivity index (χ3v) is 5.35. The lowest BCUT2D eigenvalue weighted by molar-refractivity contribution is 0.0939. The number of aromatic nitrogens is 4. The van der Waals surface area contributed by atoms with Gasteiger partial charge in [-0.25, -0.2) is 9.97 Å². The fourth-order valence-corrected chi connectivity index (χ4v) is 3.49. The molecule has 27 heavy (non-hydrogen) atoms. The molecule has 0 bridgehead atoms. The molecule has 0 unspecified atom stereocenters. The number of hydrogen-bond donors (Lipinski definition) is 1. The Morgan fingerprint density at radius 2 is 2.11 bits per heavy atom. The number of anilines is 1. The van der Waals surface area contributed by atoms with Gasteiger partial charge in [0, 0.05) is 43.6 Å². The number of halogens is 1. The van der Waals surface area contributed by atoms with Gasteiger partial charge in [0.1, 0.15) is 11.5 Å². The van der Waals surface area contributed by atoms with Gasteiger partial charge in [-0.15, -0.1) is 0 Å². The fraction of sp³-hybridized carbons (Fsp3) is 0.556. The van der Waals surface area contributed by atoms with E-state index in [4.69, 9.17) is 11.6 Å². The van der Waals surface area contributed by atoms with Crippen molar-refractivity contribution in [3.8, 4) is 0 Å². The van der Waals surface area contributed by atoms with E-state index in [0.717, 1.165) is 36.6 Å². The Morgan fingerprint density at radius 1 is 1.37 bits per heavy atom. The van der Waals surface area contributed by atoms with Gasteiger partial charge in [-0.1, -0.05) is 11.6 Å². The van der Waals surface area contributed by atoms with Gasteiger partial charge in [-0.05, 0) is 34.4 Å². The smallest absolute Gasteiger partial charge is 0.289 e. The van der Waals surface area contributed by atoms with Crippen molar-refractivity contribution in [3.05, 3.63) is 34.0 Å². The number of likely N-dealkylation sites (N-methyl/N-ethyl adjacent to an activating group) is 1. The number of hydrogen-bond acceptors (Lipinski definition) is 6. The van der Waals surface area contributed by atoms with Crippen LogP contribution in [0.15, 0.2) is 6.20 Å². The molecule has 1 amide bonds. The molecule has 146 valence electrons. The maximum atomic E-state index is 12.6. The van der Waals surface area contributed by atoms with Crippen LogP contribution in [0.3, 0.4) is 0 Å². The monoisotopic (exact) mass is 391 g/mol.